The highest BCUT2D eigenvalue weighted by Crippen LogP contribution is 2.40. The lowest BCUT2D eigenvalue weighted by Crippen LogP contribution is -2.08. The Kier molecular flexibility index (Phi) is 3.64. The molecule has 0 unspecified atom stereocenters. The van der Waals surface area contributed by atoms with Gasteiger partial charge < -0.3 is 0 Å². The van der Waals surface area contributed by atoms with E-state index in [1.54, 1.807) is 6.07 Å². The Morgan fingerprint density at radius 3 is 2.50 bits per heavy atom. The van der Waals surface area contributed by atoms with Crippen LogP contribution in [0.5, 0.6) is 0 Å². The van der Waals surface area contributed by atoms with Crippen molar-refractivity contribution in [3.63, 3.8) is 0 Å². The van der Waals surface area contributed by atoms with Gasteiger partial charge in [-0.15, -0.1) is 0 Å². The molecular weight excluding hydrogens is 330 g/mol. The number of hydrogen-bond donors (Lipinski definition) is 0. The zero-order valence-electron chi connectivity index (χ0n) is 8.72. The van der Waals surface area contributed by atoms with Gasteiger partial charge in [0.25, 0.3) is 0 Å². The van der Waals surface area contributed by atoms with E-state index in [-0.39, 0.29) is 10.6 Å². The van der Waals surface area contributed by atoms with Crippen LogP contribution in [0, 0.1) is 6.07 Å². The Bertz CT molecular complexity index is 567. The molecule has 2 aromatic rings. The van der Waals surface area contributed by atoms with Gasteiger partial charge in [-0.05, 0) is 34.1 Å². The van der Waals surface area contributed by atoms with E-state index < -0.39 is 11.7 Å². The quantitative estimate of drug-likeness (QED) is 0.670. The number of nitrogens with zero attached hydrogens (tertiary/aromatic N) is 1. The van der Waals surface area contributed by atoms with E-state index in [2.05, 4.69) is 27.0 Å². The maximum Gasteiger partial charge on any atom is 0.418 e. The van der Waals surface area contributed by atoms with Crippen LogP contribution in [-0.4, -0.2) is 4.98 Å². The van der Waals surface area contributed by atoms with Gasteiger partial charge in [0.05, 0.1) is 10.6 Å². The SMILES string of the molecule is FC(F)(F)c1c(-c2ccc(Br)nc2)[c]ccc1Cl. The number of benzene rings is 1. The summed E-state index contributed by atoms with van der Waals surface area (Å²) in [6, 6.07) is 8.17. The fourth-order valence-electron chi connectivity index (χ4n) is 1.50. The topological polar surface area (TPSA) is 12.9 Å². The third kappa shape index (κ3) is 2.67. The summed E-state index contributed by atoms with van der Waals surface area (Å²) >= 11 is 8.75. The number of alkyl halides is 3. The summed E-state index contributed by atoms with van der Waals surface area (Å²) < 4.78 is 39.4. The molecule has 0 bridgehead atoms. The first-order chi connectivity index (χ1) is 8.39. The van der Waals surface area contributed by atoms with Gasteiger partial charge >= 0.3 is 6.18 Å². The molecule has 0 saturated carbocycles. The average molecular weight is 336 g/mol. The third-order valence-electron chi connectivity index (χ3n) is 2.25. The molecule has 18 heavy (non-hydrogen) atoms. The molecule has 0 aliphatic carbocycles. The highest BCUT2D eigenvalue weighted by atomic mass is 79.9. The number of pyridine rings is 1. The van der Waals surface area contributed by atoms with Gasteiger partial charge in [-0.2, -0.15) is 13.2 Å². The highest BCUT2D eigenvalue weighted by Gasteiger charge is 2.36. The van der Waals surface area contributed by atoms with Crippen LogP contribution in [0.15, 0.2) is 35.1 Å². The summed E-state index contributed by atoms with van der Waals surface area (Å²) in [4.78, 5) is 3.89. The molecular formula is C12H5BrClF3N. The molecule has 0 spiro atoms. The monoisotopic (exact) mass is 334 g/mol. The first kappa shape index (κ1) is 13.4. The molecule has 0 fully saturated rings. The minimum atomic E-state index is -4.53. The van der Waals surface area contributed by atoms with Gasteiger partial charge in [-0.25, -0.2) is 4.98 Å². The van der Waals surface area contributed by atoms with Crippen molar-refractivity contribution in [1.82, 2.24) is 4.98 Å². The summed E-state index contributed by atoms with van der Waals surface area (Å²) in [5, 5.41) is -0.348. The predicted molar refractivity (Wildman–Crippen MR) is 66.2 cm³/mol. The van der Waals surface area contributed by atoms with Crippen molar-refractivity contribution in [3.8, 4) is 11.1 Å². The molecule has 1 aromatic carbocycles. The standard InChI is InChI=1S/C12H5BrClF3N/c13-10-5-4-7(6-18-10)8-2-1-3-9(14)11(8)12(15,16)17/h1,3-6H. The smallest absolute Gasteiger partial charge is 0.249 e. The zero-order chi connectivity index (χ0) is 13.3. The molecule has 0 N–H and O–H groups in total. The van der Waals surface area contributed by atoms with Crippen molar-refractivity contribution in [1.29, 1.82) is 0 Å². The largest absolute Gasteiger partial charge is 0.418 e. The highest BCUT2D eigenvalue weighted by molar-refractivity contribution is 9.10. The molecule has 1 heterocycles. The molecule has 6 heteroatoms. The summed E-state index contributed by atoms with van der Waals surface area (Å²) in [7, 11) is 0. The molecule has 0 aliphatic heterocycles. The number of hydrogen-bond acceptors (Lipinski definition) is 1. The summed E-state index contributed by atoms with van der Waals surface area (Å²) in [6.45, 7) is 0. The van der Waals surface area contributed by atoms with E-state index in [0.717, 1.165) is 0 Å². The Hall–Kier alpha value is -1.07. The van der Waals surface area contributed by atoms with E-state index >= 15 is 0 Å². The lowest BCUT2D eigenvalue weighted by atomic mass is 10.0. The van der Waals surface area contributed by atoms with Crippen molar-refractivity contribution in [2.24, 2.45) is 0 Å². The van der Waals surface area contributed by atoms with E-state index in [1.807, 2.05) is 0 Å². The van der Waals surface area contributed by atoms with Gasteiger partial charge in [0.2, 0.25) is 0 Å². The minimum Gasteiger partial charge on any atom is -0.249 e. The van der Waals surface area contributed by atoms with Crippen LogP contribution in [0.1, 0.15) is 5.56 Å². The van der Waals surface area contributed by atoms with Crippen molar-refractivity contribution in [3.05, 3.63) is 51.7 Å². The molecule has 93 valence electrons. The van der Waals surface area contributed by atoms with Crippen molar-refractivity contribution in [2.75, 3.05) is 0 Å². The van der Waals surface area contributed by atoms with Crippen molar-refractivity contribution in [2.45, 2.75) is 6.18 Å². The van der Waals surface area contributed by atoms with E-state index in [0.29, 0.717) is 10.2 Å². The Morgan fingerprint density at radius 1 is 1.22 bits per heavy atom. The number of halogens is 5. The lowest BCUT2D eigenvalue weighted by Gasteiger charge is -2.14. The third-order valence-corrected chi connectivity index (χ3v) is 3.03. The fraction of sp³-hybridized carbons (Fsp3) is 0.0833. The second kappa shape index (κ2) is 4.90. The van der Waals surface area contributed by atoms with Crippen LogP contribution < -0.4 is 0 Å². The van der Waals surface area contributed by atoms with Crippen LogP contribution >= 0.6 is 27.5 Å². The van der Waals surface area contributed by atoms with Crippen LogP contribution in [-0.2, 0) is 6.18 Å². The van der Waals surface area contributed by atoms with Crippen LogP contribution in [0.4, 0.5) is 13.2 Å². The molecule has 0 saturated heterocycles. The molecule has 0 aliphatic rings. The predicted octanol–water partition coefficient (Wildman–Crippen LogP) is 4.98. The Balaban J connectivity index is 2.65. The van der Waals surface area contributed by atoms with Gasteiger partial charge in [0.15, 0.2) is 0 Å². The van der Waals surface area contributed by atoms with E-state index in [4.69, 9.17) is 11.6 Å². The molecule has 1 radical (unpaired) electrons. The Morgan fingerprint density at radius 2 is 1.94 bits per heavy atom. The molecule has 1 aromatic heterocycles. The van der Waals surface area contributed by atoms with Crippen LogP contribution in [0.3, 0.4) is 0 Å². The number of rotatable bonds is 1. The first-order valence-corrected chi connectivity index (χ1v) is 5.96. The molecule has 0 atom stereocenters. The maximum absolute atomic E-state index is 12.9. The second-order valence-corrected chi connectivity index (χ2v) is 4.66. The minimum absolute atomic E-state index is 0.102. The van der Waals surface area contributed by atoms with Gasteiger partial charge in [-0.3, -0.25) is 0 Å². The Labute approximate surface area is 115 Å². The van der Waals surface area contributed by atoms with Gasteiger partial charge in [0.1, 0.15) is 4.60 Å². The summed E-state index contributed by atoms with van der Waals surface area (Å²) in [6.07, 6.45) is -3.20. The summed E-state index contributed by atoms with van der Waals surface area (Å²) in [5.74, 6) is 0. The number of aromatic nitrogens is 1. The van der Waals surface area contributed by atoms with E-state index in [9.17, 15) is 13.2 Å². The maximum atomic E-state index is 12.9. The zero-order valence-corrected chi connectivity index (χ0v) is 11.1. The van der Waals surface area contributed by atoms with E-state index in [1.165, 1.54) is 24.4 Å². The molecule has 0 amide bonds. The van der Waals surface area contributed by atoms with Crippen molar-refractivity contribution < 1.29 is 13.2 Å². The van der Waals surface area contributed by atoms with Gasteiger partial charge in [-0.1, -0.05) is 23.7 Å². The normalized spacial score (nSPS) is 11.6. The first-order valence-electron chi connectivity index (χ1n) is 4.79. The molecule has 2 rings (SSSR count). The van der Waals surface area contributed by atoms with Crippen LogP contribution in [0.25, 0.3) is 11.1 Å². The fourth-order valence-corrected chi connectivity index (χ4v) is 2.00. The average Bonchev–Trinajstić information content (AvgIpc) is 2.28. The second-order valence-electron chi connectivity index (χ2n) is 3.44. The molecule has 1 nitrogen and oxygen atoms in total. The van der Waals surface area contributed by atoms with Crippen LogP contribution in [0.2, 0.25) is 5.02 Å². The summed E-state index contributed by atoms with van der Waals surface area (Å²) in [5.41, 5.74) is -0.682. The van der Waals surface area contributed by atoms with Gasteiger partial charge in [0, 0.05) is 17.3 Å². The lowest BCUT2D eigenvalue weighted by molar-refractivity contribution is -0.137. The van der Waals surface area contributed by atoms with Crippen molar-refractivity contribution >= 4 is 27.5 Å².